The van der Waals surface area contributed by atoms with Crippen LogP contribution in [0.4, 0.5) is 0 Å². The van der Waals surface area contributed by atoms with Gasteiger partial charge in [-0.15, -0.1) is 0 Å². The Hall–Kier alpha value is -0.660. The molecular formula is C17H22INO3. The highest BCUT2D eigenvalue weighted by Crippen LogP contribution is 2.53. The Morgan fingerprint density at radius 2 is 2.27 bits per heavy atom. The van der Waals surface area contributed by atoms with E-state index in [1.807, 2.05) is 0 Å². The first-order chi connectivity index (χ1) is 10.1. The van der Waals surface area contributed by atoms with Crippen molar-refractivity contribution < 1.29 is 42.7 Å². The van der Waals surface area contributed by atoms with Gasteiger partial charge in [-0.05, 0) is 11.6 Å². The number of ether oxygens (including phenoxy) is 2. The number of likely N-dealkylation sites (N-methyl/N-ethyl adjacent to an activating group) is 1. The Bertz CT molecular complexity index is 609. The normalized spacial score (nSPS) is 39.3. The number of hydrogen-bond donors (Lipinski definition) is 0. The first kappa shape index (κ1) is 16.2. The Balaban J connectivity index is 0.00000144. The van der Waals surface area contributed by atoms with Gasteiger partial charge in [0.2, 0.25) is 0 Å². The highest BCUT2D eigenvalue weighted by molar-refractivity contribution is 5.76. The fourth-order valence-electron chi connectivity index (χ4n) is 4.74. The van der Waals surface area contributed by atoms with Crippen molar-refractivity contribution in [3.8, 4) is 0 Å². The van der Waals surface area contributed by atoms with E-state index in [0.717, 1.165) is 30.4 Å². The van der Waals surface area contributed by atoms with E-state index in [1.54, 1.807) is 7.11 Å². The Morgan fingerprint density at radius 3 is 3.05 bits per heavy atom. The number of carbonyl (C=O) groups excluding carboxylic acids is 1. The van der Waals surface area contributed by atoms with E-state index in [4.69, 9.17) is 9.47 Å². The molecule has 0 fully saturated rings. The molecule has 4 rings (SSSR count). The minimum Gasteiger partial charge on any atom is -1.00 e. The Kier molecular flexibility index (Phi) is 4.02. The zero-order chi connectivity index (χ0) is 14.7. The summed E-state index contributed by atoms with van der Waals surface area (Å²) >= 11 is 0. The van der Waals surface area contributed by atoms with Crippen molar-refractivity contribution in [3.05, 3.63) is 34.9 Å². The molecule has 0 aromatic rings. The fraction of sp³-hybridized carbons (Fsp3) is 0.588. The molecule has 1 unspecified atom stereocenters. The molecule has 3 aliphatic heterocycles. The van der Waals surface area contributed by atoms with Gasteiger partial charge < -0.3 is 37.9 Å². The lowest BCUT2D eigenvalue weighted by Gasteiger charge is -2.54. The third-order valence-electron chi connectivity index (χ3n) is 5.96. The van der Waals surface area contributed by atoms with Crippen molar-refractivity contribution in [1.82, 2.24) is 0 Å². The maximum atomic E-state index is 11.9. The summed E-state index contributed by atoms with van der Waals surface area (Å²) in [7, 11) is 4.10. The molecule has 5 heteroatoms. The van der Waals surface area contributed by atoms with Crippen LogP contribution in [0, 0.1) is 0 Å². The summed E-state index contributed by atoms with van der Waals surface area (Å²) in [6, 6.07) is 0. The van der Waals surface area contributed by atoms with Crippen LogP contribution in [0.5, 0.6) is 0 Å². The van der Waals surface area contributed by atoms with Crippen molar-refractivity contribution in [3.63, 3.8) is 0 Å². The van der Waals surface area contributed by atoms with Crippen LogP contribution in [0.2, 0.25) is 0 Å². The largest absolute Gasteiger partial charge is 1.00 e. The molecule has 0 saturated carbocycles. The lowest BCUT2D eigenvalue weighted by molar-refractivity contribution is -0.939. The predicted octanol–water partition coefficient (Wildman–Crippen LogP) is -1.26. The fourth-order valence-corrected chi connectivity index (χ4v) is 4.74. The van der Waals surface area contributed by atoms with Crippen LogP contribution < -0.4 is 24.0 Å². The SMILES string of the molecule is CO[C@H]1C=CC2=CC[N+]3(C)CCC4=C(CC(=O)OC4)[C@]23C1.[I-]. The number of hydrogen-bond acceptors (Lipinski definition) is 3. The summed E-state index contributed by atoms with van der Waals surface area (Å²) in [5.41, 5.74) is 3.98. The second-order valence-electron chi connectivity index (χ2n) is 6.83. The molecule has 0 radical (unpaired) electrons. The lowest BCUT2D eigenvalue weighted by Crippen LogP contribution is -3.00. The average molecular weight is 415 g/mol. The quantitative estimate of drug-likeness (QED) is 0.232. The zero-order valence-corrected chi connectivity index (χ0v) is 15.3. The Morgan fingerprint density at radius 1 is 1.45 bits per heavy atom. The molecule has 1 aliphatic carbocycles. The van der Waals surface area contributed by atoms with E-state index >= 15 is 0 Å². The summed E-state index contributed by atoms with van der Waals surface area (Å²) in [6.45, 7) is 2.65. The van der Waals surface area contributed by atoms with Gasteiger partial charge in [0.1, 0.15) is 6.61 Å². The molecule has 1 spiro atoms. The zero-order valence-electron chi connectivity index (χ0n) is 13.1. The summed E-state index contributed by atoms with van der Waals surface area (Å²) < 4.78 is 11.9. The van der Waals surface area contributed by atoms with Crippen LogP contribution in [0.1, 0.15) is 19.3 Å². The van der Waals surface area contributed by atoms with Crippen LogP contribution >= 0.6 is 0 Å². The van der Waals surface area contributed by atoms with Crippen LogP contribution in [-0.4, -0.2) is 55.9 Å². The summed E-state index contributed by atoms with van der Waals surface area (Å²) in [5.74, 6) is -0.0775. The van der Waals surface area contributed by atoms with Gasteiger partial charge in [0.05, 0.1) is 32.7 Å². The number of quaternary nitrogens is 1. The highest BCUT2D eigenvalue weighted by Gasteiger charge is 2.61. The number of nitrogens with zero attached hydrogens (tertiary/aromatic N) is 1. The molecular weight excluding hydrogens is 393 g/mol. The molecule has 0 N–H and O–H groups in total. The van der Waals surface area contributed by atoms with Crippen molar-refractivity contribution in [2.45, 2.75) is 30.9 Å². The van der Waals surface area contributed by atoms with E-state index in [1.165, 1.54) is 16.7 Å². The minimum absolute atomic E-state index is 0. The smallest absolute Gasteiger partial charge is 0.310 e. The van der Waals surface area contributed by atoms with Gasteiger partial charge in [-0.2, -0.15) is 0 Å². The second-order valence-corrected chi connectivity index (χ2v) is 6.83. The molecule has 0 bridgehead atoms. The molecule has 22 heavy (non-hydrogen) atoms. The number of methoxy groups -OCH3 is 1. The highest BCUT2D eigenvalue weighted by atomic mass is 127. The number of cyclic esters (lactones) is 1. The number of rotatable bonds is 1. The third-order valence-corrected chi connectivity index (χ3v) is 5.96. The van der Waals surface area contributed by atoms with E-state index < -0.39 is 0 Å². The van der Waals surface area contributed by atoms with Crippen LogP contribution in [-0.2, 0) is 14.3 Å². The maximum Gasteiger partial charge on any atom is 0.310 e. The van der Waals surface area contributed by atoms with Crippen LogP contribution in [0.25, 0.3) is 0 Å². The molecule has 3 heterocycles. The third kappa shape index (κ3) is 1.98. The van der Waals surface area contributed by atoms with Crippen molar-refractivity contribution >= 4 is 5.97 Å². The average Bonchev–Trinajstić information content (AvgIpc) is 2.81. The van der Waals surface area contributed by atoms with Crippen LogP contribution in [0.3, 0.4) is 0 Å². The molecule has 0 aromatic carbocycles. The van der Waals surface area contributed by atoms with Crippen molar-refractivity contribution in [2.24, 2.45) is 0 Å². The first-order valence-corrected chi connectivity index (χ1v) is 7.72. The van der Waals surface area contributed by atoms with Gasteiger partial charge in [-0.25, -0.2) is 0 Å². The first-order valence-electron chi connectivity index (χ1n) is 7.72. The molecule has 0 aromatic heterocycles. The van der Waals surface area contributed by atoms with Gasteiger partial charge in [-0.1, -0.05) is 12.2 Å². The Labute approximate surface area is 148 Å². The van der Waals surface area contributed by atoms with Crippen molar-refractivity contribution in [2.75, 3.05) is 33.9 Å². The van der Waals surface area contributed by atoms with Crippen LogP contribution in [0.15, 0.2) is 34.9 Å². The number of esters is 1. The molecule has 4 nitrogen and oxygen atoms in total. The minimum atomic E-state index is -0.0775. The van der Waals surface area contributed by atoms with E-state index in [9.17, 15) is 4.79 Å². The van der Waals surface area contributed by atoms with Gasteiger partial charge in [0, 0.05) is 31.1 Å². The van der Waals surface area contributed by atoms with Gasteiger partial charge >= 0.3 is 5.97 Å². The van der Waals surface area contributed by atoms with E-state index in [2.05, 4.69) is 25.3 Å². The summed E-state index contributed by atoms with van der Waals surface area (Å²) in [6.07, 6.45) is 9.29. The molecule has 0 amide bonds. The molecule has 0 saturated heterocycles. The summed E-state index contributed by atoms with van der Waals surface area (Å²) in [5, 5.41) is 0. The van der Waals surface area contributed by atoms with Gasteiger partial charge in [0.15, 0.2) is 5.54 Å². The summed E-state index contributed by atoms with van der Waals surface area (Å²) in [4.78, 5) is 11.9. The predicted molar refractivity (Wildman–Crippen MR) is 78.5 cm³/mol. The van der Waals surface area contributed by atoms with E-state index in [-0.39, 0.29) is 41.6 Å². The standard InChI is InChI=1S/C17H22NO3.HI/c1-18-7-5-12-11-21-16(19)9-15(12)17(18)10-14(20-2)4-3-13(17)6-8-18;/h3-4,6,14H,5,7-11H2,1-2H3;1H/q+1;/p-1/t14-,17-,18?;/m0./s1. The second kappa shape index (κ2) is 5.46. The maximum absolute atomic E-state index is 11.9. The monoisotopic (exact) mass is 415 g/mol. The molecule has 120 valence electrons. The molecule has 3 atom stereocenters. The molecule has 4 aliphatic rings. The number of carbonyl (C=O) groups is 1. The van der Waals surface area contributed by atoms with E-state index in [0.29, 0.717) is 13.0 Å². The topological polar surface area (TPSA) is 35.5 Å². The number of halogens is 1. The van der Waals surface area contributed by atoms with Crippen molar-refractivity contribution in [1.29, 1.82) is 0 Å². The van der Waals surface area contributed by atoms with Gasteiger partial charge in [0.25, 0.3) is 0 Å². The van der Waals surface area contributed by atoms with Gasteiger partial charge in [-0.3, -0.25) is 4.79 Å². The lowest BCUT2D eigenvalue weighted by atomic mass is 9.68.